The number of hydrogen-bond donors (Lipinski definition) is 2. The van der Waals surface area contributed by atoms with E-state index in [0.717, 1.165) is 51.3 Å². The zero-order chi connectivity index (χ0) is 19.9. The van der Waals surface area contributed by atoms with E-state index < -0.39 is 0 Å². The third kappa shape index (κ3) is 10.5. The van der Waals surface area contributed by atoms with Gasteiger partial charge in [-0.15, -0.1) is 0 Å². The smallest absolute Gasteiger partial charge is 0.243 e. The molecule has 0 atom stereocenters. The predicted molar refractivity (Wildman–Crippen MR) is 109 cm³/mol. The molecule has 0 saturated carbocycles. The van der Waals surface area contributed by atoms with Crippen molar-refractivity contribution in [1.82, 2.24) is 15.5 Å². The molecule has 1 amide bonds. The number of rotatable bonds is 12. The van der Waals surface area contributed by atoms with Gasteiger partial charge in [0, 0.05) is 40.4 Å². The lowest BCUT2D eigenvalue weighted by Gasteiger charge is -2.14. The molecular weight excluding hydrogens is 344 g/mol. The molecular formula is C20H34N4O3. The second kappa shape index (κ2) is 13.9. The van der Waals surface area contributed by atoms with Crippen molar-refractivity contribution in [3.8, 4) is 5.75 Å². The lowest BCUT2D eigenvalue weighted by Crippen LogP contribution is -2.40. The Labute approximate surface area is 163 Å². The second-order valence-electron chi connectivity index (χ2n) is 6.31. The van der Waals surface area contributed by atoms with E-state index in [2.05, 4.69) is 15.6 Å². The van der Waals surface area contributed by atoms with E-state index in [1.165, 1.54) is 5.56 Å². The van der Waals surface area contributed by atoms with Crippen molar-refractivity contribution >= 4 is 11.9 Å². The van der Waals surface area contributed by atoms with Gasteiger partial charge in [-0.1, -0.05) is 12.1 Å². The number of aliphatic imine (C=N–C) groups is 1. The molecule has 7 nitrogen and oxygen atoms in total. The van der Waals surface area contributed by atoms with Crippen LogP contribution in [-0.4, -0.2) is 70.8 Å². The zero-order valence-corrected chi connectivity index (χ0v) is 17.1. The number of ether oxygens (including phenoxy) is 2. The van der Waals surface area contributed by atoms with Crippen LogP contribution in [0.5, 0.6) is 5.75 Å². The maximum atomic E-state index is 11.8. The molecule has 2 N–H and O–H groups in total. The highest BCUT2D eigenvalue weighted by molar-refractivity contribution is 5.84. The average molecular weight is 379 g/mol. The van der Waals surface area contributed by atoms with E-state index >= 15 is 0 Å². The molecule has 0 aromatic heterocycles. The SMILES string of the molecule is CCOCCCCNC(=NCC(=O)N(C)C)NCCc1ccc(OC)cc1. The fourth-order valence-corrected chi connectivity index (χ4v) is 2.26. The number of amides is 1. The number of benzene rings is 1. The molecule has 7 heteroatoms. The summed E-state index contributed by atoms with van der Waals surface area (Å²) < 4.78 is 10.5. The van der Waals surface area contributed by atoms with Gasteiger partial charge >= 0.3 is 0 Å². The molecule has 0 heterocycles. The van der Waals surface area contributed by atoms with Crippen LogP contribution in [0.15, 0.2) is 29.3 Å². The summed E-state index contributed by atoms with van der Waals surface area (Å²) in [4.78, 5) is 17.7. The van der Waals surface area contributed by atoms with Crippen LogP contribution < -0.4 is 15.4 Å². The number of unbranched alkanes of at least 4 members (excludes halogenated alkanes) is 1. The third-order valence-electron chi connectivity index (χ3n) is 3.95. The normalized spacial score (nSPS) is 11.2. The summed E-state index contributed by atoms with van der Waals surface area (Å²) in [5.41, 5.74) is 1.21. The Kier molecular flexibility index (Phi) is 11.7. The summed E-state index contributed by atoms with van der Waals surface area (Å²) in [6.45, 7) is 5.17. The standard InChI is InChI=1S/C20H34N4O3/c1-5-27-15-7-6-13-21-20(23-16-19(25)24(2)3)22-14-12-17-8-10-18(26-4)11-9-17/h8-11H,5-7,12-16H2,1-4H3,(H2,21,22,23). The van der Waals surface area contributed by atoms with Crippen molar-refractivity contribution < 1.29 is 14.3 Å². The molecule has 1 aromatic carbocycles. The largest absolute Gasteiger partial charge is 0.497 e. The lowest BCUT2D eigenvalue weighted by molar-refractivity contribution is -0.127. The van der Waals surface area contributed by atoms with Gasteiger partial charge in [0.1, 0.15) is 12.3 Å². The highest BCUT2D eigenvalue weighted by Gasteiger charge is 2.04. The molecule has 0 aliphatic heterocycles. The topological polar surface area (TPSA) is 75.2 Å². The highest BCUT2D eigenvalue weighted by Crippen LogP contribution is 2.11. The van der Waals surface area contributed by atoms with Crippen LogP contribution in [0.4, 0.5) is 0 Å². The van der Waals surface area contributed by atoms with Gasteiger partial charge in [-0.3, -0.25) is 4.79 Å². The molecule has 0 unspecified atom stereocenters. The molecule has 27 heavy (non-hydrogen) atoms. The summed E-state index contributed by atoms with van der Waals surface area (Å²) in [5.74, 6) is 1.49. The van der Waals surface area contributed by atoms with E-state index in [4.69, 9.17) is 9.47 Å². The Balaban J connectivity index is 2.45. The first-order valence-electron chi connectivity index (χ1n) is 9.49. The van der Waals surface area contributed by atoms with Crippen molar-refractivity contribution in [2.45, 2.75) is 26.2 Å². The number of methoxy groups -OCH3 is 1. The predicted octanol–water partition coefficient (Wildman–Crippen LogP) is 1.68. The average Bonchev–Trinajstić information content (AvgIpc) is 2.68. The maximum Gasteiger partial charge on any atom is 0.243 e. The summed E-state index contributed by atoms with van der Waals surface area (Å²) in [6, 6.07) is 8.01. The minimum Gasteiger partial charge on any atom is -0.497 e. The number of carbonyl (C=O) groups excluding carboxylic acids is 1. The molecule has 152 valence electrons. The van der Waals surface area contributed by atoms with Crippen molar-refractivity contribution in [3.63, 3.8) is 0 Å². The molecule has 0 aliphatic carbocycles. The van der Waals surface area contributed by atoms with E-state index in [1.54, 1.807) is 26.1 Å². The van der Waals surface area contributed by atoms with Crippen LogP contribution in [0.25, 0.3) is 0 Å². The first kappa shape index (κ1) is 22.8. The first-order chi connectivity index (χ1) is 13.1. The molecule has 0 radical (unpaired) electrons. The monoisotopic (exact) mass is 378 g/mol. The Bertz CT molecular complexity index is 559. The number of likely N-dealkylation sites (N-methyl/N-ethyl adjacent to an activating group) is 1. The maximum absolute atomic E-state index is 11.8. The van der Waals surface area contributed by atoms with Gasteiger partial charge in [0.25, 0.3) is 0 Å². The van der Waals surface area contributed by atoms with Crippen molar-refractivity contribution in [3.05, 3.63) is 29.8 Å². The Hall–Kier alpha value is -2.28. The van der Waals surface area contributed by atoms with Crippen molar-refractivity contribution in [2.24, 2.45) is 4.99 Å². The molecule has 0 aliphatic rings. The fourth-order valence-electron chi connectivity index (χ4n) is 2.26. The van der Waals surface area contributed by atoms with E-state index in [9.17, 15) is 4.79 Å². The summed E-state index contributed by atoms with van der Waals surface area (Å²) in [5, 5.41) is 6.59. The Morgan fingerprint density at radius 3 is 2.44 bits per heavy atom. The van der Waals surface area contributed by atoms with E-state index in [-0.39, 0.29) is 12.5 Å². The van der Waals surface area contributed by atoms with Crippen LogP contribution in [0.1, 0.15) is 25.3 Å². The molecule has 1 aromatic rings. The number of carbonyl (C=O) groups is 1. The van der Waals surface area contributed by atoms with Gasteiger partial charge in [-0.05, 0) is 43.9 Å². The first-order valence-corrected chi connectivity index (χ1v) is 9.49. The van der Waals surface area contributed by atoms with Gasteiger partial charge in [-0.25, -0.2) is 4.99 Å². The molecule has 0 fully saturated rings. The minimum absolute atomic E-state index is 0.0254. The van der Waals surface area contributed by atoms with Gasteiger partial charge in [0.05, 0.1) is 7.11 Å². The van der Waals surface area contributed by atoms with Crippen molar-refractivity contribution in [1.29, 1.82) is 0 Å². The molecule has 0 spiro atoms. The van der Waals surface area contributed by atoms with Crippen LogP contribution in [-0.2, 0) is 16.0 Å². The van der Waals surface area contributed by atoms with Crippen LogP contribution >= 0.6 is 0 Å². The summed E-state index contributed by atoms with van der Waals surface area (Å²) >= 11 is 0. The third-order valence-corrected chi connectivity index (χ3v) is 3.95. The molecule has 0 saturated heterocycles. The highest BCUT2D eigenvalue weighted by atomic mass is 16.5. The fraction of sp³-hybridized carbons (Fsp3) is 0.600. The second-order valence-corrected chi connectivity index (χ2v) is 6.31. The van der Waals surface area contributed by atoms with Gasteiger partial charge < -0.3 is 25.0 Å². The van der Waals surface area contributed by atoms with Crippen LogP contribution in [0, 0.1) is 0 Å². The quantitative estimate of drug-likeness (QED) is 0.329. The Morgan fingerprint density at radius 1 is 1.11 bits per heavy atom. The molecule has 0 bridgehead atoms. The summed E-state index contributed by atoms with van der Waals surface area (Å²) in [7, 11) is 5.12. The van der Waals surface area contributed by atoms with Gasteiger partial charge in [-0.2, -0.15) is 0 Å². The van der Waals surface area contributed by atoms with Gasteiger partial charge in [0.15, 0.2) is 5.96 Å². The van der Waals surface area contributed by atoms with Crippen molar-refractivity contribution in [2.75, 3.05) is 54.1 Å². The lowest BCUT2D eigenvalue weighted by atomic mass is 10.1. The summed E-state index contributed by atoms with van der Waals surface area (Å²) in [6.07, 6.45) is 2.84. The van der Waals surface area contributed by atoms with E-state index in [0.29, 0.717) is 5.96 Å². The number of nitrogens with one attached hydrogen (secondary N) is 2. The van der Waals surface area contributed by atoms with Gasteiger partial charge in [0.2, 0.25) is 5.91 Å². The van der Waals surface area contributed by atoms with Crippen LogP contribution in [0.2, 0.25) is 0 Å². The zero-order valence-electron chi connectivity index (χ0n) is 17.1. The number of guanidine groups is 1. The van der Waals surface area contributed by atoms with Crippen LogP contribution in [0.3, 0.4) is 0 Å². The molecule has 1 rings (SSSR count). The number of hydrogen-bond acceptors (Lipinski definition) is 4. The minimum atomic E-state index is -0.0254. The van der Waals surface area contributed by atoms with E-state index in [1.807, 2.05) is 31.2 Å². The Morgan fingerprint density at radius 2 is 1.81 bits per heavy atom. The number of nitrogens with zero attached hydrogens (tertiary/aromatic N) is 2.